The average Bonchev–Trinajstić information content (AvgIpc) is 2.37. The van der Waals surface area contributed by atoms with E-state index in [0.29, 0.717) is 24.7 Å². The Kier molecular flexibility index (Phi) is 4.99. The minimum atomic E-state index is -0.660. The van der Waals surface area contributed by atoms with Gasteiger partial charge in [-0.25, -0.2) is 0 Å². The summed E-state index contributed by atoms with van der Waals surface area (Å²) >= 11 is 5.91. The van der Waals surface area contributed by atoms with Gasteiger partial charge in [-0.05, 0) is 24.6 Å². The summed E-state index contributed by atoms with van der Waals surface area (Å²) in [6.45, 7) is 3.35. The Morgan fingerprint density at radius 3 is 3.00 bits per heavy atom. The molecule has 0 spiro atoms. The number of ether oxygens (including phenoxy) is 1. The van der Waals surface area contributed by atoms with Gasteiger partial charge in [0.25, 0.3) is 0 Å². The number of carbonyl (C=O) groups is 1. The Morgan fingerprint density at radius 1 is 1.60 bits per heavy atom. The summed E-state index contributed by atoms with van der Waals surface area (Å²) in [7, 11) is 0. The Morgan fingerprint density at radius 2 is 2.35 bits per heavy atom. The second kappa shape index (κ2) is 6.54. The molecule has 1 aliphatic heterocycles. The first kappa shape index (κ1) is 15.3. The Hall–Kier alpha value is -1.14. The van der Waals surface area contributed by atoms with E-state index in [1.165, 1.54) is 0 Å². The van der Waals surface area contributed by atoms with Crippen LogP contribution in [0.4, 0.5) is 0 Å². The fourth-order valence-electron chi connectivity index (χ4n) is 2.41. The zero-order chi connectivity index (χ0) is 14.7. The van der Waals surface area contributed by atoms with Gasteiger partial charge in [0.05, 0.1) is 12.2 Å². The first-order valence-electron chi connectivity index (χ1n) is 6.56. The summed E-state index contributed by atoms with van der Waals surface area (Å²) < 4.78 is 5.47. The fraction of sp³-hybridized carbons (Fsp3) is 0.500. The molecule has 0 saturated carbocycles. The zero-order valence-corrected chi connectivity index (χ0v) is 12.1. The van der Waals surface area contributed by atoms with Crippen LogP contribution in [0.2, 0.25) is 5.02 Å². The Balaban J connectivity index is 1.99. The van der Waals surface area contributed by atoms with E-state index in [1.807, 2.05) is 17.9 Å². The van der Waals surface area contributed by atoms with E-state index in [1.54, 1.807) is 18.2 Å². The molecule has 0 aromatic heterocycles. The summed E-state index contributed by atoms with van der Waals surface area (Å²) in [6, 6.07) is 7.13. The van der Waals surface area contributed by atoms with E-state index < -0.39 is 18.1 Å². The third-order valence-corrected chi connectivity index (χ3v) is 3.55. The number of aliphatic hydroxyl groups is 1. The highest BCUT2D eigenvalue weighted by molar-refractivity contribution is 6.30. The van der Waals surface area contributed by atoms with Crippen LogP contribution >= 0.6 is 11.6 Å². The molecule has 1 amide bonds. The minimum Gasteiger partial charge on any atom is -0.387 e. The monoisotopic (exact) mass is 298 g/mol. The zero-order valence-electron chi connectivity index (χ0n) is 11.3. The third-order valence-electron chi connectivity index (χ3n) is 3.32. The van der Waals surface area contributed by atoms with Crippen molar-refractivity contribution in [3.63, 3.8) is 0 Å². The lowest BCUT2D eigenvalue weighted by Gasteiger charge is -2.36. The van der Waals surface area contributed by atoms with Crippen LogP contribution in [0.3, 0.4) is 0 Å². The maximum Gasteiger partial charge on any atom is 0.247 e. The van der Waals surface area contributed by atoms with Gasteiger partial charge in [-0.15, -0.1) is 0 Å². The summed E-state index contributed by atoms with van der Waals surface area (Å²) in [5, 5.41) is 10.8. The molecular weight excluding hydrogens is 280 g/mol. The SMILES string of the molecule is C[C@@H]1CN(C[C@H](O)c2cccc(Cl)c2)C[C@@H](C(N)=O)O1. The standard InChI is InChI=1S/C14H19ClN2O3/c1-9-6-17(8-13(20-9)14(16)19)7-12(18)10-3-2-4-11(15)5-10/h2-5,9,12-13,18H,6-8H2,1H3,(H2,16,19)/t9-,12+,13+/m1/s1. The number of β-amino-alcohol motifs (C(OH)–C–C–N with tert-alkyl or cyclic N) is 1. The quantitative estimate of drug-likeness (QED) is 0.868. The van der Waals surface area contributed by atoms with Crippen molar-refractivity contribution in [2.24, 2.45) is 5.73 Å². The maximum atomic E-state index is 11.2. The molecule has 5 nitrogen and oxygen atoms in total. The lowest BCUT2D eigenvalue weighted by atomic mass is 10.1. The highest BCUT2D eigenvalue weighted by Crippen LogP contribution is 2.20. The Bertz CT molecular complexity index is 483. The molecule has 0 unspecified atom stereocenters. The summed E-state index contributed by atoms with van der Waals surface area (Å²) in [5.74, 6) is -0.473. The molecule has 2 rings (SSSR count). The van der Waals surface area contributed by atoms with Crippen LogP contribution in [0.5, 0.6) is 0 Å². The predicted octanol–water partition coefficient (Wildman–Crippen LogP) is 0.948. The number of aliphatic hydroxyl groups excluding tert-OH is 1. The third kappa shape index (κ3) is 3.93. The van der Waals surface area contributed by atoms with Crippen LogP contribution < -0.4 is 5.73 Å². The maximum absolute atomic E-state index is 11.2. The summed E-state index contributed by atoms with van der Waals surface area (Å²) in [5.41, 5.74) is 6.04. The molecule has 20 heavy (non-hydrogen) atoms. The van der Waals surface area contributed by atoms with Gasteiger partial charge in [0, 0.05) is 24.7 Å². The Labute approximate surface area is 123 Å². The van der Waals surface area contributed by atoms with Crippen molar-refractivity contribution >= 4 is 17.5 Å². The highest BCUT2D eigenvalue weighted by atomic mass is 35.5. The predicted molar refractivity (Wildman–Crippen MR) is 76.4 cm³/mol. The van der Waals surface area contributed by atoms with Crippen LogP contribution in [0, 0.1) is 0 Å². The van der Waals surface area contributed by atoms with E-state index in [-0.39, 0.29) is 6.10 Å². The van der Waals surface area contributed by atoms with Gasteiger partial charge in [0.2, 0.25) is 5.91 Å². The number of morpholine rings is 1. The average molecular weight is 299 g/mol. The largest absolute Gasteiger partial charge is 0.387 e. The topological polar surface area (TPSA) is 75.8 Å². The van der Waals surface area contributed by atoms with Gasteiger partial charge in [-0.2, -0.15) is 0 Å². The number of nitrogens with zero attached hydrogens (tertiary/aromatic N) is 1. The van der Waals surface area contributed by atoms with Gasteiger partial charge in [0.1, 0.15) is 6.10 Å². The number of nitrogens with two attached hydrogens (primary N) is 1. The van der Waals surface area contributed by atoms with E-state index in [9.17, 15) is 9.90 Å². The number of benzene rings is 1. The van der Waals surface area contributed by atoms with Crippen molar-refractivity contribution in [1.29, 1.82) is 0 Å². The van der Waals surface area contributed by atoms with Gasteiger partial charge < -0.3 is 15.6 Å². The van der Waals surface area contributed by atoms with Crippen molar-refractivity contribution < 1.29 is 14.6 Å². The molecule has 6 heteroatoms. The van der Waals surface area contributed by atoms with Crippen molar-refractivity contribution in [1.82, 2.24) is 4.90 Å². The van der Waals surface area contributed by atoms with Crippen LogP contribution in [0.1, 0.15) is 18.6 Å². The molecule has 1 fully saturated rings. The first-order valence-corrected chi connectivity index (χ1v) is 6.94. The lowest BCUT2D eigenvalue weighted by molar-refractivity contribution is -0.143. The number of carbonyl (C=O) groups excluding carboxylic acids is 1. The van der Waals surface area contributed by atoms with Gasteiger partial charge in [-0.3, -0.25) is 9.69 Å². The number of amides is 1. The summed E-state index contributed by atoms with van der Waals surface area (Å²) in [6.07, 6.45) is -1.37. The lowest BCUT2D eigenvalue weighted by Crippen LogP contribution is -2.52. The number of rotatable bonds is 4. The number of halogens is 1. The summed E-state index contributed by atoms with van der Waals surface area (Å²) in [4.78, 5) is 13.2. The van der Waals surface area contributed by atoms with Gasteiger partial charge in [-0.1, -0.05) is 23.7 Å². The van der Waals surface area contributed by atoms with Crippen molar-refractivity contribution in [2.45, 2.75) is 25.2 Å². The van der Waals surface area contributed by atoms with E-state index in [2.05, 4.69) is 0 Å². The van der Waals surface area contributed by atoms with Crippen LogP contribution in [0.15, 0.2) is 24.3 Å². The molecule has 1 aromatic carbocycles. The minimum absolute atomic E-state index is 0.0900. The first-order chi connectivity index (χ1) is 9.45. The number of hydrogen-bond donors (Lipinski definition) is 2. The van der Waals surface area contributed by atoms with Crippen molar-refractivity contribution in [2.75, 3.05) is 19.6 Å². The molecule has 1 saturated heterocycles. The molecular formula is C14H19ClN2O3. The number of hydrogen-bond acceptors (Lipinski definition) is 4. The second-order valence-electron chi connectivity index (χ2n) is 5.13. The van der Waals surface area contributed by atoms with Crippen molar-refractivity contribution in [3.8, 4) is 0 Å². The van der Waals surface area contributed by atoms with E-state index in [0.717, 1.165) is 5.56 Å². The van der Waals surface area contributed by atoms with Gasteiger partial charge in [0.15, 0.2) is 0 Å². The normalized spacial score (nSPS) is 25.4. The van der Waals surface area contributed by atoms with Crippen LogP contribution in [0.25, 0.3) is 0 Å². The number of primary amides is 1. The molecule has 1 aromatic rings. The molecule has 0 bridgehead atoms. The van der Waals surface area contributed by atoms with Crippen molar-refractivity contribution in [3.05, 3.63) is 34.9 Å². The fourth-order valence-corrected chi connectivity index (χ4v) is 2.61. The van der Waals surface area contributed by atoms with E-state index >= 15 is 0 Å². The molecule has 3 atom stereocenters. The van der Waals surface area contributed by atoms with Crippen LogP contribution in [-0.4, -0.2) is 47.8 Å². The molecule has 3 N–H and O–H groups in total. The molecule has 0 aliphatic carbocycles. The smallest absolute Gasteiger partial charge is 0.247 e. The van der Waals surface area contributed by atoms with Gasteiger partial charge >= 0.3 is 0 Å². The van der Waals surface area contributed by atoms with E-state index in [4.69, 9.17) is 22.1 Å². The molecule has 1 aliphatic rings. The highest BCUT2D eigenvalue weighted by Gasteiger charge is 2.30. The second-order valence-corrected chi connectivity index (χ2v) is 5.56. The van der Waals surface area contributed by atoms with Crippen LogP contribution in [-0.2, 0) is 9.53 Å². The molecule has 0 radical (unpaired) electrons. The molecule has 110 valence electrons. The molecule has 1 heterocycles.